The molecule has 0 unspecified atom stereocenters. The van der Waals surface area contributed by atoms with Gasteiger partial charge in [-0.25, -0.2) is 18.1 Å². The minimum atomic E-state index is -3.19. The van der Waals surface area contributed by atoms with E-state index in [9.17, 15) is 8.42 Å². The molecular formula is C13H20ClN3O2S. The van der Waals surface area contributed by atoms with Crippen LogP contribution in [-0.2, 0) is 10.0 Å². The number of alkyl halides is 1. The fourth-order valence-electron chi connectivity index (χ4n) is 2.32. The molecule has 0 radical (unpaired) electrons. The van der Waals surface area contributed by atoms with Gasteiger partial charge >= 0.3 is 0 Å². The van der Waals surface area contributed by atoms with E-state index >= 15 is 0 Å². The second-order valence-corrected chi connectivity index (χ2v) is 7.18. The van der Waals surface area contributed by atoms with Crippen LogP contribution in [-0.4, -0.2) is 44.2 Å². The van der Waals surface area contributed by atoms with E-state index in [2.05, 4.69) is 14.6 Å². The molecule has 1 saturated heterocycles. The summed E-state index contributed by atoms with van der Waals surface area (Å²) in [7, 11) is -3.19. The van der Waals surface area contributed by atoms with Crippen molar-refractivity contribution in [2.75, 3.05) is 29.6 Å². The molecular weight excluding hydrogens is 298 g/mol. The Labute approximate surface area is 125 Å². The number of pyridine rings is 1. The lowest BCUT2D eigenvalue weighted by molar-refractivity contribution is 0.458. The van der Waals surface area contributed by atoms with Gasteiger partial charge in [0.05, 0.1) is 5.75 Å². The summed E-state index contributed by atoms with van der Waals surface area (Å²) in [5.41, 5.74) is 0. The monoisotopic (exact) mass is 317 g/mol. The molecule has 1 aliphatic rings. The maximum atomic E-state index is 11.8. The van der Waals surface area contributed by atoms with Gasteiger partial charge in [0.2, 0.25) is 10.0 Å². The molecule has 0 aromatic carbocycles. The first-order valence-corrected chi connectivity index (χ1v) is 9.01. The Bertz CT molecular complexity index is 502. The Morgan fingerprint density at radius 1 is 1.35 bits per heavy atom. The van der Waals surface area contributed by atoms with Crippen molar-refractivity contribution in [1.29, 1.82) is 0 Å². The molecule has 7 heteroatoms. The second kappa shape index (κ2) is 7.24. The SMILES string of the molecule is O=S(=O)(CCCCl)NC1CCN(c2ccccn2)CC1. The maximum absolute atomic E-state index is 11.8. The average Bonchev–Trinajstić information content (AvgIpc) is 2.46. The highest BCUT2D eigenvalue weighted by molar-refractivity contribution is 7.89. The van der Waals surface area contributed by atoms with Crippen molar-refractivity contribution in [1.82, 2.24) is 9.71 Å². The topological polar surface area (TPSA) is 62.3 Å². The molecule has 1 aromatic rings. The van der Waals surface area contributed by atoms with Crippen molar-refractivity contribution in [3.63, 3.8) is 0 Å². The van der Waals surface area contributed by atoms with Crippen molar-refractivity contribution in [2.45, 2.75) is 25.3 Å². The van der Waals surface area contributed by atoms with Crippen LogP contribution in [0.2, 0.25) is 0 Å². The Kier molecular flexibility index (Phi) is 5.63. The summed E-state index contributed by atoms with van der Waals surface area (Å²) in [5, 5.41) is 0. The van der Waals surface area contributed by atoms with Gasteiger partial charge in [0.1, 0.15) is 5.82 Å². The number of halogens is 1. The standard InChI is InChI=1S/C13H20ClN3O2S/c14-7-3-11-20(18,19)16-12-5-9-17(10-6-12)13-4-1-2-8-15-13/h1-2,4,8,12,16H,3,5-7,9-11H2. The van der Waals surface area contributed by atoms with Crippen molar-refractivity contribution >= 4 is 27.4 Å². The van der Waals surface area contributed by atoms with Crippen molar-refractivity contribution in [3.05, 3.63) is 24.4 Å². The van der Waals surface area contributed by atoms with Gasteiger partial charge < -0.3 is 4.90 Å². The quantitative estimate of drug-likeness (QED) is 0.810. The zero-order valence-corrected chi connectivity index (χ0v) is 12.9. The van der Waals surface area contributed by atoms with E-state index in [0.29, 0.717) is 12.3 Å². The van der Waals surface area contributed by atoms with E-state index in [1.807, 2.05) is 18.2 Å². The number of aromatic nitrogens is 1. The van der Waals surface area contributed by atoms with Crippen LogP contribution in [0.4, 0.5) is 5.82 Å². The van der Waals surface area contributed by atoms with E-state index in [-0.39, 0.29) is 11.8 Å². The van der Waals surface area contributed by atoms with Crippen LogP contribution < -0.4 is 9.62 Å². The smallest absolute Gasteiger partial charge is 0.211 e. The van der Waals surface area contributed by atoms with Crippen molar-refractivity contribution in [3.8, 4) is 0 Å². The Morgan fingerprint density at radius 3 is 2.70 bits per heavy atom. The van der Waals surface area contributed by atoms with Crippen LogP contribution in [0.15, 0.2) is 24.4 Å². The van der Waals surface area contributed by atoms with Gasteiger partial charge in [0.25, 0.3) is 0 Å². The van der Waals surface area contributed by atoms with E-state index in [1.54, 1.807) is 6.20 Å². The largest absolute Gasteiger partial charge is 0.357 e. The molecule has 1 aromatic heterocycles. The lowest BCUT2D eigenvalue weighted by atomic mass is 10.1. The van der Waals surface area contributed by atoms with E-state index in [1.165, 1.54) is 0 Å². The number of sulfonamides is 1. The number of nitrogens with one attached hydrogen (secondary N) is 1. The minimum Gasteiger partial charge on any atom is -0.357 e. The minimum absolute atomic E-state index is 0.0234. The van der Waals surface area contributed by atoms with E-state index in [4.69, 9.17) is 11.6 Å². The van der Waals surface area contributed by atoms with Gasteiger partial charge in [-0.2, -0.15) is 0 Å². The fourth-order valence-corrected chi connectivity index (χ4v) is 4.00. The van der Waals surface area contributed by atoms with Crippen LogP contribution >= 0.6 is 11.6 Å². The molecule has 0 bridgehead atoms. The molecule has 0 saturated carbocycles. The Balaban J connectivity index is 1.83. The molecule has 1 fully saturated rings. The third kappa shape index (κ3) is 4.61. The number of hydrogen-bond acceptors (Lipinski definition) is 4. The van der Waals surface area contributed by atoms with Crippen LogP contribution in [0.5, 0.6) is 0 Å². The lowest BCUT2D eigenvalue weighted by Crippen LogP contribution is -2.45. The van der Waals surface area contributed by atoms with Gasteiger partial charge in [-0.05, 0) is 31.4 Å². The molecule has 1 N–H and O–H groups in total. The molecule has 5 nitrogen and oxygen atoms in total. The second-order valence-electron chi connectivity index (χ2n) is 4.93. The summed E-state index contributed by atoms with van der Waals surface area (Å²) in [6, 6.07) is 5.85. The summed E-state index contributed by atoms with van der Waals surface area (Å²) in [6.45, 7) is 1.64. The number of hydrogen-bond donors (Lipinski definition) is 1. The molecule has 112 valence electrons. The molecule has 0 amide bonds. The molecule has 0 atom stereocenters. The Morgan fingerprint density at radius 2 is 2.10 bits per heavy atom. The summed E-state index contributed by atoms with van der Waals surface area (Å²) >= 11 is 5.53. The summed E-state index contributed by atoms with van der Waals surface area (Å²) < 4.78 is 26.4. The number of anilines is 1. The van der Waals surface area contributed by atoms with Crippen LogP contribution in [0, 0.1) is 0 Å². The number of rotatable bonds is 6. The zero-order chi connectivity index (χ0) is 14.4. The third-order valence-corrected chi connectivity index (χ3v) is 5.15. The van der Waals surface area contributed by atoms with E-state index in [0.717, 1.165) is 31.7 Å². The summed E-state index contributed by atoms with van der Waals surface area (Å²) in [6.07, 6.45) is 3.87. The first-order valence-electron chi connectivity index (χ1n) is 6.83. The third-order valence-electron chi connectivity index (χ3n) is 3.36. The van der Waals surface area contributed by atoms with Gasteiger partial charge in [-0.3, -0.25) is 0 Å². The lowest BCUT2D eigenvalue weighted by Gasteiger charge is -2.32. The Hall–Kier alpha value is -0.850. The maximum Gasteiger partial charge on any atom is 0.211 e. The summed E-state index contributed by atoms with van der Waals surface area (Å²) in [5.74, 6) is 1.44. The predicted octanol–water partition coefficient (Wildman–Crippen LogP) is 1.60. The first-order chi connectivity index (χ1) is 9.61. The van der Waals surface area contributed by atoms with Gasteiger partial charge in [0.15, 0.2) is 0 Å². The van der Waals surface area contributed by atoms with Crippen molar-refractivity contribution in [2.24, 2.45) is 0 Å². The zero-order valence-electron chi connectivity index (χ0n) is 11.3. The normalized spacial score (nSPS) is 17.4. The molecule has 2 rings (SSSR count). The average molecular weight is 318 g/mol. The molecule has 0 aliphatic carbocycles. The molecule has 2 heterocycles. The highest BCUT2D eigenvalue weighted by Gasteiger charge is 2.23. The molecule has 1 aliphatic heterocycles. The van der Waals surface area contributed by atoms with Crippen LogP contribution in [0.25, 0.3) is 0 Å². The van der Waals surface area contributed by atoms with Crippen LogP contribution in [0.1, 0.15) is 19.3 Å². The van der Waals surface area contributed by atoms with Gasteiger partial charge in [-0.1, -0.05) is 6.07 Å². The van der Waals surface area contributed by atoms with E-state index < -0.39 is 10.0 Å². The van der Waals surface area contributed by atoms with Crippen LogP contribution in [0.3, 0.4) is 0 Å². The fraction of sp³-hybridized carbons (Fsp3) is 0.615. The van der Waals surface area contributed by atoms with Crippen molar-refractivity contribution < 1.29 is 8.42 Å². The molecule has 0 spiro atoms. The van der Waals surface area contributed by atoms with Gasteiger partial charge in [-0.15, -0.1) is 11.6 Å². The highest BCUT2D eigenvalue weighted by atomic mass is 35.5. The number of piperidine rings is 1. The summed E-state index contributed by atoms with van der Waals surface area (Å²) in [4.78, 5) is 6.50. The molecule has 20 heavy (non-hydrogen) atoms. The van der Waals surface area contributed by atoms with Gasteiger partial charge in [0, 0.05) is 31.2 Å². The number of nitrogens with zero attached hydrogens (tertiary/aromatic N) is 2. The highest BCUT2D eigenvalue weighted by Crippen LogP contribution is 2.17. The predicted molar refractivity (Wildman–Crippen MR) is 81.7 cm³/mol. The first kappa shape index (κ1) is 15.5.